The quantitative estimate of drug-likeness (QED) is 0.819. The van der Waals surface area contributed by atoms with Gasteiger partial charge in [-0.15, -0.1) is 11.6 Å². The Morgan fingerprint density at radius 2 is 2.07 bits per heavy atom. The van der Waals surface area contributed by atoms with Crippen LogP contribution in [0.15, 0.2) is 24.3 Å². The van der Waals surface area contributed by atoms with E-state index in [9.17, 15) is 10.2 Å². The Labute approximate surface area is 103 Å². The van der Waals surface area contributed by atoms with Crippen molar-refractivity contribution in [2.24, 2.45) is 0 Å². The van der Waals surface area contributed by atoms with Crippen molar-refractivity contribution in [3.05, 3.63) is 35.4 Å². The first-order valence-corrected chi connectivity index (χ1v) is 6.41. The summed E-state index contributed by atoms with van der Waals surface area (Å²) < 4.78 is 0. The average molecular weight is 294 g/mol. The minimum atomic E-state index is -0.859. The second-order valence-electron chi connectivity index (χ2n) is 3.37. The number of hydrogen-bond donors (Lipinski definition) is 2. The van der Waals surface area contributed by atoms with Gasteiger partial charge in [-0.2, -0.15) is 0 Å². The van der Waals surface area contributed by atoms with Crippen LogP contribution in [0.2, 0.25) is 0 Å². The summed E-state index contributed by atoms with van der Waals surface area (Å²) >= 11 is 8.85. The Bertz CT molecular complexity index is 306. The van der Waals surface area contributed by atoms with Crippen LogP contribution in [0.5, 0.6) is 0 Å². The third-order valence-electron chi connectivity index (χ3n) is 2.22. The number of alkyl halides is 2. The zero-order chi connectivity index (χ0) is 11.3. The predicted octanol–water partition coefficient (Wildman–Crippen LogP) is 2.60. The van der Waals surface area contributed by atoms with Crippen LogP contribution in [-0.4, -0.2) is 22.2 Å². The molecule has 1 aromatic carbocycles. The van der Waals surface area contributed by atoms with Crippen molar-refractivity contribution >= 4 is 27.5 Å². The predicted molar refractivity (Wildman–Crippen MR) is 65.4 cm³/mol. The molecule has 0 fully saturated rings. The first-order chi connectivity index (χ1) is 7.19. The van der Waals surface area contributed by atoms with E-state index >= 15 is 0 Å². The van der Waals surface area contributed by atoms with Crippen LogP contribution in [-0.2, 0) is 5.33 Å². The number of halogens is 2. The first-order valence-electron chi connectivity index (χ1n) is 4.76. The van der Waals surface area contributed by atoms with Gasteiger partial charge in [0.25, 0.3) is 0 Å². The molecule has 0 radical (unpaired) electrons. The van der Waals surface area contributed by atoms with E-state index in [0.29, 0.717) is 12.3 Å². The summed E-state index contributed by atoms with van der Waals surface area (Å²) in [6, 6.07) is 7.49. The van der Waals surface area contributed by atoms with Gasteiger partial charge in [0, 0.05) is 11.2 Å². The Morgan fingerprint density at radius 3 is 2.67 bits per heavy atom. The van der Waals surface area contributed by atoms with Crippen LogP contribution in [0.1, 0.15) is 23.7 Å². The van der Waals surface area contributed by atoms with Crippen LogP contribution >= 0.6 is 27.5 Å². The lowest BCUT2D eigenvalue weighted by atomic mass is 10.0. The molecule has 0 saturated carbocycles. The van der Waals surface area contributed by atoms with Gasteiger partial charge in [0.15, 0.2) is 0 Å². The molecule has 2 nitrogen and oxygen atoms in total. The summed E-state index contributed by atoms with van der Waals surface area (Å²) in [6.45, 7) is 0. The molecule has 0 saturated heterocycles. The van der Waals surface area contributed by atoms with Crippen molar-refractivity contribution in [3.63, 3.8) is 0 Å². The normalized spacial score (nSPS) is 14.9. The van der Waals surface area contributed by atoms with Crippen LogP contribution in [0.3, 0.4) is 0 Å². The molecule has 4 heteroatoms. The van der Waals surface area contributed by atoms with Gasteiger partial charge in [-0.25, -0.2) is 0 Å². The SMILES string of the molecule is OC(CCCl)C(O)c1cccc(CBr)c1. The monoisotopic (exact) mass is 292 g/mol. The minimum absolute atomic E-state index is 0.344. The highest BCUT2D eigenvalue weighted by Gasteiger charge is 2.17. The maximum atomic E-state index is 9.82. The van der Waals surface area contributed by atoms with Crippen LogP contribution in [0.4, 0.5) is 0 Å². The fourth-order valence-corrected chi connectivity index (χ4v) is 1.92. The summed E-state index contributed by atoms with van der Waals surface area (Å²) in [4.78, 5) is 0. The lowest BCUT2D eigenvalue weighted by Crippen LogP contribution is -2.18. The molecule has 0 heterocycles. The lowest BCUT2D eigenvalue weighted by molar-refractivity contribution is 0.0170. The number of hydrogen-bond acceptors (Lipinski definition) is 2. The van der Waals surface area contributed by atoms with Gasteiger partial charge in [-0.05, 0) is 17.5 Å². The summed E-state index contributed by atoms with van der Waals surface area (Å²) in [5, 5.41) is 20.1. The molecule has 0 amide bonds. The molecule has 0 aliphatic heterocycles. The molecule has 0 aliphatic carbocycles. The van der Waals surface area contributed by atoms with E-state index < -0.39 is 12.2 Å². The van der Waals surface area contributed by atoms with E-state index in [0.717, 1.165) is 16.5 Å². The highest BCUT2D eigenvalue weighted by atomic mass is 79.9. The minimum Gasteiger partial charge on any atom is -0.390 e. The van der Waals surface area contributed by atoms with Crippen LogP contribution < -0.4 is 0 Å². The standard InChI is InChI=1S/C11H14BrClO2/c12-7-8-2-1-3-9(6-8)11(15)10(14)4-5-13/h1-3,6,10-11,14-15H,4-5,7H2. The Hall–Kier alpha value is -0.0900. The Balaban J connectivity index is 2.76. The zero-order valence-corrected chi connectivity index (χ0v) is 10.6. The molecule has 2 unspecified atom stereocenters. The van der Waals surface area contributed by atoms with Gasteiger partial charge in [-0.1, -0.05) is 40.2 Å². The van der Waals surface area contributed by atoms with Crippen molar-refractivity contribution in [2.45, 2.75) is 24.0 Å². The van der Waals surface area contributed by atoms with Crippen molar-refractivity contribution < 1.29 is 10.2 Å². The Kier molecular flexibility index (Phi) is 5.61. The lowest BCUT2D eigenvalue weighted by Gasteiger charge is -2.17. The second kappa shape index (κ2) is 6.48. The van der Waals surface area contributed by atoms with Crippen molar-refractivity contribution in [1.82, 2.24) is 0 Å². The number of benzene rings is 1. The molecule has 0 spiro atoms. The van der Waals surface area contributed by atoms with E-state index in [-0.39, 0.29) is 0 Å². The van der Waals surface area contributed by atoms with Crippen molar-refractivity contribution in [1.29, 1.82) is 0 Å². The maximum absolute atomic E-state index is 9.82. The van der Waals surface area contributed by atoms with Gasteiger partial charge in [0.05, 0.1) is 6.10 Å². The molecule has 2 N–H and O–H groups in total. The van der Waals surface area contributed by atoms with Crippen molar-refractivity contribution in [2.75, 3.05) is 5.88 Å². The molecule has 1 rings (SSSR count). The third kappa shape index (κ3) is 3.76. The molecule has 0 bridgehead atoms. The third-order valence-corrected chi connectivity index (χ3v) is 3.08. The summed E-state index contributed by atoms with van der Waals surface area (Å²) in [6.07, 6.45) is -1.27. The van der Waals surface area contributed by atoms with Gasteiger partial charge in [0.1, 0.15) is 6.10 Å². The topological polar surface area (TPSA) is 40.5 Å². The average Bonchev–Trinajstić information content (AvgIpc) is 2.28. The molecule has 0 aromatic heterocycles. The Morgan fingerprint density at radius 1 is 1.33 bits per heavy atom. The molecule has 84 valence electrons. The molecule has 2 atom stereocenters. The summed E-state index contributed by atoms with van der Waals surface area (Å²) in [5.74, 6) is 0.344. The molecular formula is C11H14BrClO2. The molecule has 1 aromatic rings. The fourth-order valence-electron chi connectivity index (χ4n) is 1.35. The highest BCUT2D eigenvalue weighted by molar-refractivity contribution is 9.08. The van der Waals surface area contributed by atoms with E-state index in [1.807, 2.05) is 18.2 Å². The second-order valence-corrected chi connectivity index (χ2v) is 4.31. The smallest absolute Gasteiger partial charge is 0.105 e. The first kappa shape index (κ1) is 13.0. The van der Waals surface area contributed by atoms with Gasteiger partial charge in [0.2, 0.25) is 0 Å². The number of rotatable bonds is 5. The maximum Gasteiger partial charge on any atom is 0.105 e. The largest absolute Gasteiger partial charge is 0.390 e. The van der Waals surface area contributed by atoms with E-state index in [1.165, 1.54) is 0 Å². The highest BCUT2D eigenvalue weighted by Crippen LogP contribution is 2.21. The number of aliphatic hydroxyl groups is 2. The fraction of sp³-hybridized carbons (Fsp3) is 0.455. The van der Waals surface area contributed by atoms with Crippen LogP contribution in [0, 0.1) is 0 Å². The van der Waals surface area contributed by atoms with E-state index in [2.05, 4.69) is 15.9 Å². The molecular weight excluding hydrogens is 279 g/mol. The summed E-state index contributed by atoms with van der Waals surface area (Å²) in [7, 11) is 0. The molecule has 15 heavy (non-hydrogen) atoms. The van der Waals surface area contributed by atoms with Gasteiger partial charge >= 0.3 is 0 Å². The molecule has 0 aliphatic rings. The number of aliphatic hydroxyl groups excluding tert-OH is 2. The van der Waals surface area contributed by atoms with E-state index in [1.54, 1.807) is 6.07 Å². The summed E-state index contributed by atoms with van der Waals surface area (Å²) in [5.41, 5.74) is 1.80. The van der Waals surface area contributed by atoms with E-state index in [4.69, 9.17) is 11.6 Å². The van der Waals surface area contributed by atoms with Gasteiger partial charge in [-0.3, -0.25) is 0 Å². The van der Waals surface area contributed by atoms with Crippen LogP contribution in [0.25, 0.3) is 0 Å². The van der Waals surface area contributed by atoms with Crippen molar-refractivity contribution in [3.8, 4) is 0 Å². The van der Waals surface area contributed by atoms with Gasteiger partial charge < -0.3 is 10.2 Å². The zero-order valence-electron chi connectivity index (χ0n) is 8.24.